The molecule has 2 amide bonds. The van der Waals surface area contributed by atoms with E-state index >= 15 is 0 Å². The Hall–Kier alpha value is -3.76. The molecule has 8 nitrogen and oxygen atoms in total. The monoisotopic (exact) mass is 421 g/mol. The van der Waals surface area contributed by atoms with Gasteiger partial charge < -0.3 is 20.1 Å². The lowest BCUT2D eigenvalue weighted by molar-refractivity contribution is -0.153. The van der Waals surface area contributed by atoms with E-state index in [-0.39, 0.29) is 23.7 Å². The minimum absolute atomic E-state index is 0.116. The molecule has 3 rings (SSSR count). The number of methoxy groups -OCH3 is 1. The van der Waals surface area contributed by atoms with Gasteiger partial charge in [0.15, 0.2) is 18.1 Å². The maximum absolute atomic E-state index is 12.4. The van der Waals surface area contributed by atoms with Gasteiger partial charge in [-0.1, -0.05) is 6.07 Å². The summed E-state index contributed by atoms with van der Waals surface area (Å²) in [6.45, 7) is -1.31. The first kappa shape index (κ1) is 21.0. The molecule has 0 bridgehead atoms. The van der Waals surface area contributed by atoms with E-state index in [1.54, 1.807) is 41.6 Å². The second-order valence-corrected chi connectivity index (χ2v) is 6.03. The minimum atomic E-state index is -4.50. The summed E-state index contributed by atoms with van der Waals surface area (Å²) in [5.74, 6) is 0.593. The van der Waals surface area contributed by atoms with Crippen LogP contribution in [0.25, 0.3) is 5.82 Å². The van der Waals surface area contributed by atoms with Crippen molar-refractivity contribution < 1.29 is 27.4 Å². The fraction of sp³-hybridized carbons (Fsp3) is 0.211. The lowest BCUT2D eigenvalue weighted by atomic mass is 10.2. The van der Waals surface area contributed by atoms with Crippen LogP contribution in [-0.2, 0) is 6.54 Å². The second-order valence-electron chi connectivity index (χ2n) is 6.03. The average molecular weight is 421 g/mol. The van der Waals surface area contributed by atoms with Crippen molar-refractivity contribution in [3.05, 3.63) is 60.8 Å². The summed E-state index contributed by atoms with van der Waals surface area (Å²) in [5, 5.41) is 5.23. The van der Waals surface area contributed by atoms with Gasteiger partial charge in [-0.3, -0.25) is 4.57 Å². The van der Waals surface area contributed by atoms with Crippen molar-refractivity contribution in [3.63, 3.8) is 0 Å². The molecule has 0 aliphatic heterocycles. The summed E-state index contributed by atoms with van der Waals surface area (Å²) in [6.07, 6.45) is 2.05. The molecule has 2 heterocycles. The van der Waals surface area contributed by atoms with Crippen molar-refractivity contribution in [3.8, 4) is 17.3 Å². The molecule has 11 heteroatoms. The molecule has 0 atom stereocenters. The Morgan fingerprint density at radius 2 is 2.03 bits per heavy atom. The Balaban J connectivity index is 1.64. The third kappa shape index (κ3) is 5.63. The van der Waals surface area contributed by atoms with Crippen LogP contribution >= 0.6 is 0 Å². The van der Waals surface area contributed by atoms with E-state index in [4.69, 9.17) is 9.47 Å². The van der Waals surface area contributed by atoms with E-state index in [9.17, 15) is 18.0 Å². The van der Waals surface area contributed by atoms with E-state index in [0.29, 0.717) is 5.82 Å². The molecule has 0 radical (unpaired) electrons. The van der Waals surface area contributed by atoms with Crippen molar-refractivity contribution in [1.82, 2.24) is 19.9 Å². The number of benzene rings is 1. The van der Waals surface area contributed by atoms with Crippen LogP contribution in [0.1, 0.15) is 5.56 Å². The number of carbonyl (C=O) groups excluding carboxylic acids is 1. The van der Waals surface area contributed by atoms with Gasteiger partial charge in [0.25, 0.3) is 0 Å². The summed E-state index contributed by atoms with van der Waals surface area (Å²) in [4.78, 5) is 20.5. The molecule has 2 aromatic heterocycles. The summed E-state index contributed by atoms with van der Waals surface area (Å²) < 4.78 is 48.7. The van der Waals surface area contributed by atoms with E-state index in [1.165, 1.54) is 25.3 Å². The quantitative estimate of drug-likeness (QED) is 0.609. The van der Waals surface area contributed by atoms with Crippen LogP contribution in [0.4, 0.5) is 23.7 Å². The molecule has 0 aliphatic carbocycles. The molecule has 0 aliphatic rings. The molecule has 0 saturated heterocycles. The number of imidazole rings is 1. The number of carbonyl (C=O) groups is 1. The first-order chi connectivity index (χ1) is 14.4. The van der Waals surface area contributed by atoms with Gasteiger partial charge in [-0.05, 0) is 18.2 Å². The van der Waals surface area contributed by atoms with Crippen LogP contribution in [0.15, 0.2) is 55.2 Å². The first-order valence-corrected chi connectivity index (χ1v) is 8.70. The highest BCUT2D eigenvalue weighted by Gasteiger charge is 2.29. The molecular weight excluding hydrogens is 403 g/mol. The largest absolute Gasteiger partial charge is 0.493 e. The molecule has 3 aromatic rings. The molecule has 0 unspecified atom stereocenters. The maximum Gasteiger partial charge on any atom is 0.422 e. The molecule has 158 valence electrons. The van der Waals surface area contributed by atoms with E-state index in [0.717, 1.165) is 5.56 Å². The third-order valence-corrected chi connectivity index (χ3v) is 3.87. The number of aromatic nitrogens is 3. The highest BCUT2D eigenvalue weighted by atomic mass is 19.4. The van der Waals surface area contributed by atoms with Crippen molar-refractivity contribution >= 4 is 11.7 Å². The van der Waals surface area contributed by atoms with Gasteiger partial charge in [0.05, 0.1) is 7.11 Å². The Kier molecular flexibility index (Phi) is 6.40. The summed E-state index contributed by atoms with van der Waals surface area (Å²) >= 11 is 0. The van der Waals surface area contributed by atoms with Gasteiger partial charge in [-0.25, -0.2) is 14.8 Å². The van der Waals surface area contributed by atoms with Crippen molar-refractivity contribution in [2.24, 2.45) is 0 Å². The average Bonchev–Trinajstić information content (AvgIpc) is 3.25. The molecule has 0 saturated carbocycles. The Morgan fingerprint density at radius 1 is 1.20 bits per heavy atom. The number of nitrogens with zero attached hydrogens (tertiary/aromatic N) is 3. The van der Waals surface area contributed by atoms with Crippen LogP contribution < -0.4 is 20.1 Å². The van der Waals surface area contributed by atoms with Crippen LogP contribution in [0, 0.1) is 0 Å². The van der Waals surface area contributed by atoms with E-state index in [2.05, 4.69) is 20.6 Å². The number of hydrogen-bond acceptors (Lipinski definition) is 5. The molecule has 2 N–H and O–H groups in total. The summed E-state index contributed by atoms with van der Waals surface area (Å²) in [6, 6.07) is 7.13. The highest BCUT2D eigenvalue weighted by molar-refractivity contribution is 5.89. The molecule has 1 aromatic carbocycles. The van der Waals surface area contributed by atoms with Crippen LogP contribution in [0.5, 0.6) is 11.5 Å². The summed E-state index contributed by atoms with van der Waals surface area (Å²) in [7, 11) is 1.31. The minimum Gasteiger partial charge on any atom is -0.493 e. The zero-order valence-corrected chi connectivity index (χ0v) is 15.8. The van der Waals surface area contributed by atoms with Crippen molar-refractivity contribution in [1.29, 1.82) is 0 Å². The van der Waals surface area contributed by atoms with E-state index < -0.39 is 18.8 Å². The highest BCUT2D eigenvalue weighted by Crippen LogP contribution is 2.31. The molecular formula is C19H18F3N5O3. The Morgan fingerprint density at radius 3 is 2.73 bits per heavy atom. The van der Waals surface area contributed by atoms with Crippen LogP contribution in [0.2, 0.25) is 0 Å². The van der Waals surface area contributed by atoms with Crippen LogP contribution in [-0.4, -0.2) is 40.5 Å². The number of alkyl halides is 3. The Bertz CT molecular complexity index is 993. The number of pyridine rings is 1. The number of ether oxygens (including phenoxy) is 2. The third-order valence-electron chi connectivity index (χ3n) is 3.87. The SMILES string of the molecule is COc1ccc(NC(=O)NCc2cccnc2-n2ccnc2)cc1OCC(F)(F)F. The summed E-state index contributed by atoms with van der Waals surface area (Å²) in [5.41, 5.74) is 0.987. The van der Waals surface area contributed by atoms with Gasteiger partial charge in [0.1, 0.15) is 12.1 Å². The van der Waals surface area contributed by atoms with Gasteiger partial charge in [0, 0.05) is 42.5 Å². The number of halogens is 3. The molecule has 30 heavy (non-hydrogen) atoms. The smallest absolute Gasteiger partial charge is 0.422 e. The van der Waals surface area contributed by atoms with Gasteiger partial charge in [-0.15, -0.1) is 0 Å². The number of anilines is 1. The van der Waals surface area contributed by atoms with Gasteiger partial charge in [0.2, 0.25) is 0 Å². The molecule has 0 spiro atoms. The topological polar surface area (TPSA) is 90.3 Å². The number of nitrogens with one attached hydrogen (secondary N) is 2. The Labute approximate surface area is 169 Å². The van der Waals surface area contributed by atoms with Crippen LogP contribution in [0.3, 0.4) is 0 Å². The number of hydrogen-bond donors (Lipinski definition) is 2. The fourth-order valence-corrected chi connectivity index (χ4v) is 2.56. The number of amides is 2. The fourth-order valence-electron chi connectivity index (χ4n) is 2.56. The van der Waals surface area contributed by atoms with Gasteiger partial charge in [-0.2, -0.15) is 13.2 Å². The normalized spacial score (nSPS) is 11.1. The lowest BCUT2D eigenvalue weighted by Gasteiger charge is -2.15. The van der Waals surface area contributed by atoms with E-state index in [1.807, 2.05) is 0 Å². The first-order valence-electron chi connectivity index (χ1n) is 8.70. The number of urea groups is 1. The predicted octanol–water partition coefficient (Wildman–Crippen LogP) is 3.54. The maximum atomic E-state index is 12.4. The van der Waals surface area contributed by atoms with Crippen molar-refractivity contribution in [2.75, 3.05) is 19.0 Å². The molecule has 0 fully saturated rings. The standard InChI is InChI=1S/C19H18F3N5O3/c1-29-15-5-4-14(9-16(15)30-11-19(20,21)22)26-18(28)25-10-13-3-2-6-24-17(13)27-8-7-23-12-27/h2-9,12H,10-11H2,1H3,(H2,25,26,28). The predicted molar refractivity (Wildman–Crippen MR) is 102 cm³/mol. The lowest BCUT2D eigenvalue weighted by Crippen LogP contribution is -2.28. The second kappa shape index (κ2) is 9.16. The zero-order valence-electron chi connectivity index (χ0n) is 15.8. The number of rotatable bonds is 7. The zero-order chi connectivity index (χ0) is 21.6. The van der Waals surface area contributed by atoms with Gasteiger partial charge >= 0.3 is 12.2 Å². The van der Waals surface area contributed by atoms with Crippen molar-refractivity contribution in [2.45, 2.75) is 12.7 Å².